The Kier molecular flexibility index (Phi) is 6.38. The lowest BCUT2D eigenvalue weighted by atomic mass is 9.94. The first kappa shape index (κ1) is 21.5. The minimum Gasteiger partial charge on any atom is -0.419 e. The highest BCUT2D eigenvalue weighted by molar-refractivity contribution is 6.01. The van der Waals surface area contributed by atoms with Gasteiger partial charge in [-0.1, -0.05) is 25.3 Å². The molecule has 1 aromatic rings. The van der Waals surface area contributed by atoms with E-state index in [1.807, 2.05) is 0 Å². The Labute approximate surface area is 181 Å². The highest BCUT2D eigenvalue weighted by Crippen LogP contribution is 2.35. The number of para-hydroxylation sites is 1. The van der Waals surface area contributed by atoms with Crippen LogP contribution in [0.4, 0.5) is 0 Å². The minimum atomic E-state index is -0.736. The van der Waals surface area contributed by atoms with Gasteiger partial charge in [0.15, 0.2) is 11.5 Å². The fraction of sp³-hybridized carbons (Fsp3) is 0.522. The lowest BCUT2D eigenvalue weighted by Gasteiger charge is -2.32. The number of likely N-dealkylation sites (tertiary alicyclic amines) is 1. The summed E-state index contributed by atoms with van der Waals surface area (Å²) in [5.41, 5.74) is 0.169. The number of fused-ring (bicyclic) bond motifs is 1. The second-order valence-electron chi connectivity index (χ2n) is 8.31. The summed E-state index contributed by atoms with van der Waals surface area (Å²) >= 11 is 0. The maximum absolute atomic E-state index is 13.4. The van der Waals surface area contributed by atoms with Crippen molar-refractivity contribution in [3.63, 3.8) is 0 Å². The van der Waals surface area contributed by atoms with Gasteiger partial charge in [0.25, 0.3) is 5.91 Å². The molecule has 0 bridgehead atoms. The molecule has 1 saturated carbocycles. The lowest BCUT2D eigenvalue weighted by molar-refractivity contribution is -0.133. The van der Waals surface area contributed by atoms with Crippen LogP contribution in [0.25, 0.3) is 0 Å². The molecule has 2 fully saturated rings. The number of ether oxygens (including phenoxy) is 3. The minimum absolute atomic E-state index is 0.0421. The molecule has 2 atom stereocenters. The standard InChI is InChI=1S/C23H28N2O6/c1-24(17-13-25(14-19(17)29-2)15-7-4-3-5-8-15)23(28)16-9-6-10-18-22(16)31-21(27)12-11-20(26)30-18/h6,9-12,15,17,19H,3-5,7-8,13-14H2,1-2H3/b12-11+. The van der Waals surface area contributed by atoms with Crippen LogP contribution in [0.3, 0.4) is 0 Å². The van der Waals surface area contributed by atoms with E-state index >= 15 is 0 Å². The van der Waals surface area contributed by atoms with Crippen LogP contribution >= 0.6 is 0 Å². The van der Waals surface area contributed by atoms with E-state index in [0.29, 0.717) is 6.04 Å². The number of hydrogen-bond donors (Lipinski definition) is 0. The summed E-state index contributed by atoms with van der Waals surface area (Å²) in [6, 6.07) is 5.06. The van der Waals surface area contributed by atoms with E-state index in [1.54, 1.807) is 31.2 Å². The van der Waals surface area contributed by atoms with E-state index in [-0.39, 0.29) is 35.1 Å². The van der Waals surface area contributed by atoms with Gasteiger partial charge in [-0.25, -0.2) is 9.59 Å². The number of amides is 1. The number of likely N-dealkylation sites (N-methyl/N-ethyl adjacent to an activating group) is 1. The van der Waals surface area contributed by atoms with Crippen LogP contribution in [0.15, 0.2) is 30.4 Å². The Morgan fingerprint density at radius 3 is 2.48 bits per heavy atom. The molecule has 4 rings (SSSR count). The van der Waals surface area contributed by atoms with Crippen molar-refractivity contribution in [3.8, 4) is 11.5 Å². The number of rotatable bonds is 4. The number of carbonyl (C=O) groups excluding carboxylic acids is 3. The van der Waals surface area contributed by atoms with Crippen molar-refractivity contribution in [1.82, 2.24) is 9.80 Å². The van der Waals surface area contributed by atoms with E-state index in [9.17, 15) is 14.4 Å². The van der Waals surface area contributed by atoms with Gasteiger partial charge in [-0.15, -0.1) is 0 Å². The van der Waals surface area contributed by atoms with Crippen molar-refractivity contribution in [2.24, 2.45) is 0 Å². The number of hydrogen-bond acceptors (Lipinski definition) is 7. The Morgan fingerprint density at radius 1 is 1.06 bits per heavy atom. The fourth-order valence-electron chi connectivity index (χ4n) is 4.76. The largest absolute Gasteiger partial charge is 0.419 e. The summed E-state index contributed by atoms with van der Waals surface area (Å²) in [6.07, 6.45) is 8.01. The number of methoxy groups -OCH3 is 1. The van der Waals surface area contributed by atoms with Crippen LogP contribution in [-0.4, -0.2) is 73.1 Å². The number of nitrogens with zero attached hydrogens (tertiary/aromatic N) is 2. The molecule has 2 heterocycles. The highest BCUT2D eigenvalue weighted by atomic mass is 16.6. The molecule has 0 radical (unpaired) electrons. The molecule has 1 aromatic carbocycles. The van der Waals surface area contributed by atoms with Gasteiger partial charge in [0, 0.05) is 45.4 Å². The zero-order chi connectivity index (χ0) is 22.0. The maximum atomic E-state index is 13.4. The molecule has 166 valence electrons. The van der Waals surface area contributed by atoms with Crippen molar-refractivity contribution in [1.29, 1.82) is 0 Å². The average molecular weight is 428 g/mol. The van der Waals surface area contributed by atoms with Gasteiger partial charge in [-0.3, -0.25) is 9.69 Å². The van der Waals surface area contributed by atoms with Gasteiger partial charge in [-0.2, -0.15) is 0 Å². The highest BCUT2D eigenvalue weighted by Gasteiger charge is 2.41. The first-order valence-corrected chi connectivity index (χ1v) is 10.8. The summed E-state index contributed by atoms with van der Waals surface area (Å²) in [4.78, 5) is 41.3. The lowest BCUT2D eigenvalue weighted by Crippen LogP contribution is -2.45. The summed E-state index contributed by atoms with van der Waals surface area (Å²) in [5, 5.41) is 0. The maximum Gasteiger partial charge on any atom is 0.336 e. The molecule has 0 spiro atoms. The third-order valence-corrected chi connectivity index (χ3v) is 6.45. The van der Waals surface area contributed by atoms with E-state index < -0.39 is 11.9 Å². The van der Waals surface area contributed by atoms with Crippen molar-refractivity contribution in [2.75, 3.05) is 27.2 Å². The summed E-state index contributed by atoms with van der Waals surface area (Å²) in [5.74, 6) is -1.75. The van der Waals surface area contributed by atoms with Crippen LogP contribution in [0.5, 0.6) is 11.5 Å². The number of esters is 2. The average Bonchev–Trinajstić information content (AvgIpc) is 3.22. The van der Waals surface area contributed by atoms with Crippen molar-refractivity contribution in [2.45, 2.75) is 50.3 Å². The molecule has 3 aliphatic rings. The molecular weight excluding hydrogens is 400 g/mol. The molecule has 8 nitrogen and oxygen atoms in total. The van der Waals surface area contributed by atoms with Crippen LogP contribution in [0, 0.1) is 0 Å². The van der Waals surface area contributed by atoms with E-state index in [4.69, 9.17) is 14.2 Å². The fourth-order valence-corrected chi connectivity index (χ4v) is 4.76. The molecule has 1 amide bonds. The van der Waals surface area contributed by atoms with Gasteiger partial charge in [-0.05, 0) is 25.0 Å². The van der Waals surface area contributed by atoms with E-state index in [1.165, 1.54) is 38.2 Å². The van der Waals surface area contributed by atoms with Gasteiger partial charge in [0.1, 0.15) is 0 Å². The van der Waals surface area contributed by atoms with Gasteiger partial charge in [0.05, 0.1) is 17.7 Å². The quantitative estimate of drug-likeness (QED) is 0.537. The SMILES string of the molecule is COC1CN(C2CCCCC2)CC1N(C)C(=O)c1cccc2c1OC(=O)/C=C/C(=O)O2. The molecule has 2 unspecified atom stereocenters. The van der Waals surface area contributed by atoms with E-state index in [2.05, 4.69) is 4.90 Å². The predicted octanol–water partition coefficient (Wildman–Crippen LogP) is 2.17. The van der Waals surface area contributed by atoms with Crippen LogP contribution < -0.4 is 9.47 Å². The predicted molar refractivity (Wildman–Crippen MR) is 112 cm³/mol. The molecular formula is C23H28N2O6. The first-order valence-electron chi connectivity index (χ1n) is 10.8. The monoisotopic (exact) mass is 428 g/mol. The van der Waals surface area contributed by atoms with Crippen molar-refractivity contribution < 1.29 is 28.6 Å². The molecule has 8 heteroatoms. The molecule has 31 heavy (non-hydrogen) atoms. The van der Waals surface area contributed by atoms with Crippen LogP contribution in [-0.2, 0) is 14.3 Å². The molecule has 0 N–H and O–H groups in total. The number of carbonyl (C=O) groups is 3. The van der Waals surface area contributed by atoms with Gasteiger partial charge in [0.2, 0.25) is 0 Å². The molecule has 2 aliphatic heterocycles. The molecule has 0 aromatic heterocycles. The second-order valence-corrected chi connectivity index (χ2v) is 8.31. The summed E-state index contributed by atoms with van der Waals surface area (Å²) in [6.45, 7) is 1.52. The van der Waals surface area contributed by atoms with Crippen LogP contribution in [0.1, 0.15) is 42.5 Å². The van der Waals surface area contributed by atoms with Gasteiger partial charge >= 0.3 is 11.9 Å². The Balaban J connectivity index is 1.57. The zero-order valence-electron chi connectivity index (χ0n) is 17.9. The van der Waals surface area contributed by atoms with Gasteiger partial charge < -0.3 is 19.1 Å². The van der Waals surface area contributed by atoms with Crippen molar-refractivity contribution in [3.05, 3.63) is 35.9 Å². The Hall–Kier alpha value is -2.71. The summed E-state index contributed by atoms with van der Waals surface area (Å²) < 4.78 is 16.3. The second kappa shape index (κ2) is 9.20. The molecule has 1 saturated heterocycles. The summed E-state index contributed by atoms with van der Waals surface area (Å²) in [7, 11) is 3.41. The normalized spacial score (nSPS) is 25.7. The number of benzene rings is 1. The smallest absolute Gasteiger partial charge is 0.336 e. The Bertz CT molecular complexity index is 892. The third-order valence-electron chi connectivity index (χ3n) is 6.45. The zero-order valence-corrected chi connectivity index (χ0v) is 17.9. The van der Waals surface area contributed by atoms with E-state index in [0.717, 1.165) is 25.2 Å². The molecule has 1 aliphatic carbocycles. The third kappa shape index (κ3) is 4.50. The topological polar surface area (TPSA) is 85.4 Å². The van der Waals surface area contributed by atoms with Crippen LogP contribution in [0.2, 0.25) is 0 Å². The first-order chi connectivity index (χ1) is 15.0. The van der Waals surface area contributed by atoms with Crippen molar-refractivity contribution >= 4 is 17.8 Å². The Morgan fingerprint density at radius 2 is 1.77 bits per heavy atom.